The van der Waals surface area contributed by atoms with Crippen molar-refractivity contribution in [3.05, 3.63) is 94.3 Å². The predicted octanol–water partition coefficient (Wildman–Crippen LogP) is 3.55. The van der Waals surface area contributed by atoms with Gasteiger partial charge >= 0.3 is 0 Å². The number of aromatic nitrogens is 2. The summed E-state index contributed by atoms with van der Waals surface area (Å²) >= 11 is 5.92. The van der Waals surface area contributed by atoms with Gasteiger partial charge in [0.1, 0.15) is 23.5 Å². The molecule has 3 aromatic rings. The minimum absolute atomic E-state index is 0. The number of carbonyl (C=O) groups excluding carboxylic acids is 2. The molecule has 0 aliphatic carbocycles. The summed E-state index contributed by atoms with van der Waals surface area (Å²) < 4.78 is 13.2. The van der Waals surface area contributed by atoms with E-state index in [4.69, 9.17) is 11.6 Å². The van der Waals surface area contributed by atoms with E-state index in [0.717, 1.165) is 11.9 Å². The molecule has 0 radical (unpaired) electrons. The van der Waals surface area contributed by atoms with Gasteiger partial charge in [-0.2, -0.15) is 0 Å². The molecule has 0 spiro atoms. The quantitative estimate of drug-likeness (QED) is 0.621. The molecule has 0 atom stereocenters. The van der Waals surface area contributed by atoms with E-state index in [9.17, 15) is 14.0 Å². The number of benzene rings is 2. The van der Waals surface area contributed by atoms with Gasteiger partial charge in [0.25, 0.3) is 11.8 Å². The number of halogens is 3. The molecule has 0 aliphatic rings. The first-order chi connectivity index (χ1) is 13.5. The van der Waals surface area contributed by atoms with Crippen LogP contribution in [0.15, 0.2) is 60.9 Å². The Bertz CT molecular complexity index is 940. The second-order valence-electron chi connectivity index (χ2n) is 5.91. The van der Waals surface area contributed by atoms with Crippen LogP contribution in [0.1, 0.15) is 32.1 Å². The summed E-state index contributed by atoms with van der Waals surface area (Å²) in [6, 6.07) is 14.3. The fourth-order valence-corrected chi connectivity index (χ4v) is 2.66. The second-order valence-corrected chi connectivity index (χ2v) is 6.35. The molecule has 3 rings (SSSR count). The van der Waals surface area contributed by atoms with Crippen molar-refractivity contribution in [2.24, 2.45) is 0 Å². The zero-order valence-electron chi connectivity index (χ0n) is 15.1. The highest BCUT2D eigenvalue weighted by Crippen LogP contribution is 2.10. The SMILES string of the molecule is Cl.O=C(NCc1cccc(F)c1)c1cc(C(=O)NCc2cccc(Cl)c2)ncn1. The number of nitrogens with one attached hydrogen (secondary N) is 2. The summed E-state index contributed by atoms with van der Waals surface area (Å²) in [4.78, 5) is 32.3. The molecule has 0 saturated heterocycles. The standard InChI is InChI=1S/C20H16ClFN4O2.ClH/c21-15-5-1-3-13(7-15)10-23-19(27)17-9-18(26-12-25-17)20(28)24-11-14-4-2-6-16(22)8-14;/h1-9,12H,10-11H2,(H,23,27)(H,24,28);1H. The topological polar surface area (TPSA) is 84.0 Å². The maximum atomic E-state index is 13.2. The Morgan fingerprint density at radius 3 is 1.97 bits per heavy atom. The van der Waals surface area contributed by atoms with Gasteiger partial charge in [-0.1, -0.05) is 35.9 Å². The minimum atomic E-state index is -0.490. The van der Waals surface area contributed by atoms with E-state index in [0.29, 0.717) is 10.6 Å². The van der Waals surface area contributed by atoms with Crippen LogP contribution in [0.5, 0.6) is 0 Å². The summed E-state index contributed by atoms with van der Waals surface area (Å²) in [6.07, 6.45) is 1.14. The van der Waals surface area contributed by atoms with Gasteiger partial charge in [0.15, 0.2) is 0 Å². The average molecular weight is 435 g/mol. The van der Waals surface area contributed by atoms with Crippen LogP contribution in [0.4, 0.5) is 4.39 Å². The van der Waals surface area contributed by atoms with Crippen LogP contribution in [-0.4, -0.2) is 21.8 Å². The Morgan fingerprint density at radius 2 is 1.41 bits per heavy atom. The third-order valence-corrected chi connectivity index (χ3v) is 4.05. The maximum Gasteiger partial charge on any atom is 0.270 e. The van der Waals surface area contributed by atoms with Gasteiger partial charge in [0, 0.05) is 24.2 Å². The van der Waals surface area contributed by atoms with Gasteiger partial charge in [-0.3, -0.25) is 9.59 Å². The van der Waals surface area contributed by atoms with E-state index >= 15 is 0 Å². The molecule has 2 N–H and O–H groups in total. The predicted molar refractivity (Wildman–Crippen MR) is 109 cm³/mol. The largest absolute Gasteiger partial charge is 0.347 e. The molecule has 6 nitrogen and oxygen atoms in total. The van der Waals surface area contributed by atoms with E-state index in [1.807, 2.05) is 6.07 Å². The summed E-state index contributed by atoms with van der Waals surface area (Å²) in [5, 5.41) is 5.92. The van der Waals surface area contributed by atoms with Gasteiger partial charge in [0.2, 0.25) is 0 Å². The Kier molecular flexibility index (Phi) is 8.06. The van der Waals surface area contributed by atoms with Crippen molar-refractivity contribution in [2.75, 3.05) is 0 Å². The van der Waals surface area contributed by atoms with Crippen molar-refractivity contribution in [1.82, 2.24) is 20.6 Å². The Balaban J connectivity index is 0.00000300. The summed E-state index contributed by atoms with van der Waals surface area (Å²) in [7, 11) is 0. The number of hydrogen-bond donors (Lipinski definition) is 2. The molecule has 2 aromatic carbocycles. The lowest BCUT2D eigenvalue weighted by Gasteiger charge is -2.07. The molecule has 1 aromatic heterocycles. The molecule has 2 amide bonds. The zero-order valence-corrected chi connectivity index (χ0v) is 16.6. The molecule has 0 fully saturated rings. The smallest absolute Gasteiger partial charge is 0.270 e. The fourth-order valence-electron chi connectivity index (χ4n) is 2.45. The first-order valence-corrected chi connectivity index (χ1v) is 8.76. The molecule has 1 heterocycles. The molecule has 9 heteroatoms. The highest BCUT2D eigenvalue weighted by molar-refractivity contribution is 6.30. The van der Waals surface area contributed by atoms with E-state index in [1.165, 1.54) is 18.2 Å². The maximum absolute atomic E-state index is 13.2. The number of amides is 2. The van der Waals surface area contributed by atoms with Crippen LogP contribution >= 0.6 is 24.0 Å². The lowest BCUT2D eigenvalue weighted by atomic mass is 10.2. The highest BCUT2D eigenvalue weighted by atomic mass is 35.5. The molecular formula is C20H17Cl2FN4O2. The van der Waals surface area contributed by atoms with Crippen LogP contribution in [0.2, 0.25) is 5.02 Å². The molecular weight excluding hydrogens is 418 g/mol. The van der Waals surface area contributed by atoms with Crippen molar-refractivity contribution in [3.63, 3.8) is 0 Å². The summed E-state index contributed by atoms with van der Waals surface area (Å²) in [6.45, 7) is 0.404. The van der Waals surface area contributed by atoms with Crippen molar-refractivity contribution in [3.8, 4) is 0 Å². The molecule has 150 valence electrons. The Hall–Kier alpha value is -3.03. The molecule has 0 bridgehead atoms. The van der Waals surface area contributed by atoms with Crippen LogP contribution in [0.25, 0.3) is 0 Å². The minimum Gasteiger partial charge on any atom is -0.347 e. The van der Waals surface area contributed by atoms with E-state index in [2.05, 4.69) is 20.6 Å². The van der Waals surface area contributed by atoms with Crippen molar-refractivity contribution >= 4 is 35.8 Å². The van der Waals surface area contributed by atoms with Gasteiger partial charge in [-0.05, 0) is 35.4 Å². The third kappa shape index (κ3) is 6.51. The Morgan fingerprint density at radius 1 is 0.862 bits per heavy atom. The molecule has 0 unspecified atom stereocenters. The normalized spacial score (nSPS) is 10.0. The third-order valence-electron chi connectivity index (χ3n) is 3.82. The van der Waals surface area contributed by atoms with E-state index in [-0.39, 0.29) is 42.7 Å². The highest BCUT2D eigenvalue weighted by Gasteiger charge is 2.13. The summed E-state index contributed by atoms with van der Waals surface area (Å²) in [5.41, 5.74) is 1.55. The van der Waals surface area contributed by atoms with E-state index < -0.39 is 11.8 Å². The van der Waals surface area contributed by atoms with Crippen LogP contribution in [0.3, 0.4) is 0 Å². The fraction of sp³-hybridized carbons (Fsp3) is 0.100. The van der Waals surface area contributed by atoms with Crippen LogP contribution in [0, 0.1) is 5.82 Å². The van der Waals surface area contributed by atoms with E-state index in [1.54, 1.807) is 30.3 Å². The molecule has 29 heavy (non-hydrogen) atoms. The second kappa shape index (κ2) is 10.5. The average Bonchev–Trinajstić information content (AvgIpc) is 2.70. The number of hydrogen-bond acceptors (Lipinski definition) is 4. The number of nitrogens with zero attached hydrogens (tertiary/aromatic N) is 2. The van der Waals surface area contributed by atoms with Crippen molar-refractivity contribution in [2.45, 2.75) is 13.1 Å². The molecule has 0 aliphatic heterocycles. The zero-order chi connectivity index (χ0) is 19.9. The van der Waals surface area contributed by atoms with Gasteiger partial charge in [-0.15, -0.1) is 12.4 Å². The van der Waals surface area contributed by atoms with Gasteiger partial charge in [0.05, 0.1) is 0 Å². The van der Waals surface area contributed by atoms with Gasteiger partial charge in [-0.25, -0.2) is 14.4 Å². The number of carbonyl (C=O) groups is 2. The first-order valence-electron chi connectivity index (χ1n) is 8.38. The van der Waals surface area contributed by atoms with Crippen LogP contribution < -0.4 is 10.6 Å². The van der Waals surface area contributed by atoms with Crippen LogP contribution in [-0.2, 0) is 13.1 Å². The Labute approximate surface area is 177 Å². The summed E-state index contributed by atoms with van der Waals surface area (Å²) in [5.74, 6) is -1.32. The monoisotopic (exact) mass is 434 g/mol. The lowest BCUT2D eigenvalue weighted by Crippen LogP contribution is -2.27. The van der Waals surface area contributed by atoms with Crippen molar-refractivity contribution in [1.29, 1.82) is 0 Å². The lowest BCUT2D eigenvalue weighted by molar-refractivity contribution is 0.0944. The van der Waals surface area contributed by atoms with Crippen molar-refractivity contribution < 1.29 is 14.0 Å². The molecule has 0 saturated carbocycles. The number of rotatable bonds is 6. The first kappa shape index (κ1) is 22.3. The van der Waals surface area contributed by atoms with Gasteiger partial charge < -0.3 is 10.6 Å².